The molecule has 0 radical (unpaired) electrons. The molecule has 6 aliphatic rings. The molecule has 2 bridgehead atoms. The third-order valence-corrected chi connectivity index (χ3v) is 9.62. The molecule has 4 saturated carbocycles. The Bertz CT molecular complexity index is 680. The first kappa shape index (κ1) is 19.2. The van der Waals surface area contributed by atoms with Gasteiger partial charge in [0.2, 0.25) is 0 Å². The zero-order valence-corrected chi connectivity index (χ0v) is 17.9. The van der Waals surface area contributed by atoms with Crippen LogP contribution in [0.25, 0.3) is 0 Å². The molecular weight excluding hydrogens is 366 g/mol. The number of ketones is 1. The molecule has 6 fully saturated rings. The number of nitrogens with zero attached hydrogens (tertiary/aromatic N) is 1. The standard InChI is InChI=1S/C24H37NO4/c1-2-3-12-28-24-9-8-18(27)22-23(24)10-11-25(14-15-4-5-15)19(24)13-16-6-7-17(26)21(29-22)20(16)23/h15-17,19-22,26H,2-14H2,1H3/t16?,17?,19?,20?,21?,22-,23-,24+/m0/s1. The van der Waals surface area contributed by atoms with Gasteiger partial charge in [-0.3, -0.25) is 9.69 Å². The lowest BCUT2D eigenvalue weighted by Gasteiger charge is -2.69. The lowest BCUT2D eigenvalue weighted by atomic mass is 9.42. The number of Topliss-reactive ketones (excluding diaryl/α,β-unsaturated/α-hetero) is 1. The molecule has 6 rings (SSSR count). The number of piperidine rings is 1. The van der Waals surface area contributed by atoms with Crippen molar-refractivity contribution in [1.82, 2.24) is 4.90 Å². The van der Waals surface area contributed by atoms with Crippen molar-refractivity contribution in [3.05, 3.63) is 0 Å². The van der Waals surface area contributed by atoms with Gasteiger partial charge in [-0.15, -0.1) is 0 Å². The van der Waals surface area contributed by atoms with Gasteiger partial charge in [0.15, 0.2) is 5.78 Å². The van der Waals surface area contributed by atoms with Crippen molar-refractivity contribution >= 4 is 5.78 Å². The third kappa shape index (κ3) is 2.51. The number of ether oxygens (including phenoxy) is 2. The summed E-state index contributed by atoms with van der Waals surface area (Å²) in [6, 6.07) is 0.420. The Morgan fingerprint density at radius 2 is 2.10 bits per heavy atom. The van der Waals surface area contributed by atoms with Crippen LogP contribution in [0, 0.1) is 23.2 Å². The number of carbonyl (C=O) groups is 1. The van der Waals surface area contributed by atoms with Gasteiger partial charge in [-0.05, 0) is 69.7 Å². The first-order valence-electron chi connectivity index (χ1n) is 12.3. The predicted molar refractivity (Wildman–Crippen MR) is 108 cm³/mol. The van der Waals surface area contributed by atoms with Crippen LogP contribution in [0.2, 0.25) is 0 Å². The molecule has 8 atom stereocenters. The highest BCUT2D eigenvalue weighted by Gasteiger charge is 2.78. The molecule has 5 nitrogen and oxygen atoms in total. The highest BCUT2D eigenvalue weighted by atomic mass is 16.5. The summed E-state index contributed by atoms with van der Waals surface area (Å²) in [4.78, 5) is 15.9. The molecule has 2 saturated heterocycles. The molecule has 0 aromatic rings. The summed E-state index contributed by atoms with van der Waals surface area (Å²) in [6.07, 6.45) is 9.53. The number of aliphatic hydroxyl groups excluding tert-OH is 1. The first-order valence-corrected chi connectivity index (χ1v) is 12.3. The predicted octanol–water partition coefficient (Wildman–Crippen LogP) is 2.93. The lowest BCUT2D eigenvalue weighted by molar-refractivity contribution is -0.272. The fourth-order valence-corrected chi connectivity index (χ4v) is 8.33. The van der Waals surface area contributed by atoms with Crippen molar-refractivity contribution in [3.8, 4) is 0 Å². The van der Waals surface area contributed by atoms with E-state index in [4.69, 9.17) is 9.47 Å². The molecular formula is C24H37NO4. The van der Waals surface area contributed by atoms with E-state index in [0.717, 1.165) is 57.6 Å². The Labute approximate surface area is 174 Å². The van der Waals surface area contributed by atoms with E-state index < -0.39 is 6.10 Å². The van der Waals surface area contributed by atoms with E-state index in [0.29, 0.717) is 24.3 Å². The van der Waals surface area contributed by atoms with Gasteiger partial charge in [-0.1, -0.05) is 13.3 Å². The van der Waals surface area contributed by atoms with E-state index in [9.17, 15) is 9.90 Å². The van der Waals surface area contributed by atoms with Gasteiger partial charge in [0.25, 0.3) is 0 Å². The van der Waals surface area contributed by atoms with Crippen LogP contribution in [0.15, 0.2) is 0 Å². The molecule has 1 spiro atoms. The van der Waals surface area contributed by atoms with Gasteiger partial charge in [-0.25, -0.2) is 0 Å². The van der Waals surface area contributed by atoms with Crippen molar-refractivity contribution in [3.63, 3.8) is 0 Å². The van der Waals surface area contributed by atoms with Crippen LogP contribution in [-0.2, 0) is 14.3 Å². The van der Waals surface area contributed by atoms with Crippen LogP contribution in [0.3, 0.4) is 0 Å². The molecule has 0 aromatic carbocycles. The molecule has 1 N–H and O–H groups in total. The van der Waals surface area contributed by atoms with Gasteiger partial charge in [0.05, 0.1) is 17.8 Å². The minimum absolute atomic E-state index is 0.161. The van der Waals surface area contributed by atoms with Crippen LogP contribution in [0.4, 0.5) is 0 Å². The smallest absolute Gasteiger partial charge is 0.162 e. The Kier molecular flexibility index (Phi) is 4.47. The fourth-order valence-electron chi connectivity index (χ4n) is 8.33. The largest absolute Gasteiger partial charge is 0.390 e. The molecule has 4 aliphatic carbocycles. The fraction of sp³-hybridized carbons (Fsp3) is 0.958. The van der Waals surface area contributed by atoms with E-state index in [-0.39, 0.29) is 29.0 Å². The van der Waals surface area contributed by atoms with E-state index in [2.05, 4.69) is 11.8 Å². The molecule has 5 unspecified atom stereocenters. The average Bonchev–Trinajstić information content (AvgIpc) is 3.45. The van der Waals surface area contributed by atoms with Gasteiger partial charge < -0.3 is 14.6 Å². The first-order chi connectivity index (χ1) is 14.1. The second-order valence-corrected chi connectivity index (χ2v) is 10.9. The topological polar surface area (TPSA) is 59.0 Å². The number of likely N-dealkylation sites (tertiary alicyclic amines) is 1. The Morgan fingerprint density at radius 3 is 2.90 bits per heavy atom. The average molecular weight is 404 g/mol. The summed E-state index contributed by atoms with van der Waals surface area (Å²) in [5.41, 5.74) is -0.476. The van der Waals surface area contributed by atoms with E-state index >= 15 is 0 Å². The van der Waals surface area contributed by atoms with Crippen molar-refractivity contribution in [2.75, 3.05) is 19.7 Å². The third-order valence-electron chi connectivity index (χ3n) is 9.62. The van der Waals surface area contributed by atoms with Gasteiger partial charge in [0.1, 0.15) is 6.10 Å². The molecule has 29 heavy (non-hydrogen) atoms. The Balaban J connectivity index is 1.45. The van der Waals surface area contributed by atoms with Crippen molar-refractivity contribution in [2.45, 2.75) is 101 Å². The second kappa shape index (κ2) is 6.75. The summed E-state index contributed by atoms with van der Waals surface area (Å²) >= 11 is 0. The van der Waals surface area contributed by atoms with E-state index in [1.807, 2.05) is 0 Å². The number of carbonyl (C=O) groups excluding carboxylic acids is 1. The minimum Gasteiger partial charge on any atom is -0.390 e. The van der Waals surface area contributed by atoms with Crippen LogP contribution < -0.4 is 0 Å². The van der Waals surface area contributed by atoms with Crippen molar-refractivity contribution in [2.24, 2.45) is 23.2 Å². The lowest BCUT2D eigenvalue weighted by Crippen LogP contribution is -2.78. The van der Waals surface area contributed by atoms with Gasteiger partial charge in [0, 0.05) is 36.9 Å². The molecule has 2 heterocycles. The summed E-state index contributed by atoms with van der Waals surface area (Å²) in [5.74, 6) is 2.00. The monoisotopic (exact) mass is 403 g/mol. The number of aliphatic hydroxyl groups is 1. The number of hydrogen-bond acceptors (Lipinski definition) is 5. The quantitative estimate of drug-likeness (QED) is 0.691. The zero-order chi connectivity index (χ0) is 19.8. The highest BCUT2D eigenvalue weighted by Crippen LogP contribution is 2.70. The SMILES string of the molecule is CCCCO[C@]12CCC(=O)[C@@H]3OC4C(O)CCC5CC1N(CC1CC1)CC[C@]32C54. The maximum Gasteiger partial charge on any atom is 0.162 e. The Morgan fingerprint density at radius 1 is 1.24 bits per heavy atom. The van der Waals surface area contributed by atoms with Gasteiger partial charge in [-0.2, -0.15) is 0 Å². The Hall–Kier alpha value is -0.490. The molecule has 0 aromatic heterocycles. The normalized spacial score (nSPS) is 51.2. The summed E-state index contributed by atoms with van der Waals surface area (Å²) < 4.78 is 13.5. The maximum atomic E-state index is 13.2. The number of unbranched alkanes of at least 4 members (excludes halogenated alkanes) is 1. The second-order valence-electron chi connectivity index (χ2n) is 10.9. The number of rotatable bonds is 6. The molecule has 5 heteroatoms. The van der Waals surface area contributed by atoms with E-state index in [1.165, 1.54) is 25.8 Å². The molecule has 162 valence electrons. The van der Waals surface area contributed by atoms with Crippen LogP contribution >= 0.6 is 0 Å². The highest BCUT2D eigenvalue weighted by molar-refractivity contribution is 5.86. The minimum atomic E-state index is -0.418. The summed E-state index contributed by atoms with van der Waals surface area (Å²) in [6.45, 7) is 5.29. The van der Waals surface area contributed by atoms with Crippen LogP contribution in [-0.4, -0.2) is 65.4 Å². The zero-order valence-electron chi connectivity index (χ0n) is 17.9. The maximum absolute atomic E-state index is 13.2. The van der Waals surface area contributed by atoms with Crippen LogP contribution in [0.5, 0.6) is 0 Å². The van der Waals surface area contributed by atoms with Crippen LogP contribution in [0.1, 0.15) is 71.1 Å². The van der Waals surface area contributed by atoms with E-state index in [1.54, 1.807) is 0 Å². The number of hydrogen-bond donors (Lipinski definition) is 1. The summed E-state index contributed by atoms with van der Waals surface area (Å²) in [7, 11) is 0. The van der Waals surface area contributed by atoms with Crippen molar-refractivity contribution < 1.29 is 19.4 Å². The molecule has 0 amide bonds. The van der Waals surface area contributed by atoms with Gasteiger partial charge >= 0.3 is 0 Å². The summed E-state index contributed by atoms with van der Waals surface area (Å²) in [5, 5.41) is 10.8. The molecule has 2 aliphatic heterocycles. The van der Waals surface area contributed by atoms with Crippen molar-refractivity contribution in [1.29, 1.82) is 0 Å².